The predicted molar refractivity (Wildman–Crippen MR) is 47.9 cm³/mol. The second kappa shape index (κ2) is 6.34. The van der Waals surface area contributed by atoms with E-state index < -0.39 is 0 Å². The second-order valence-corrected chi connectivity index (χ2v) is 2.39. The average molecular weight is 136 g/mol. The van der Waals surface area contributed by atoms with Crippen molar-refractivity contribution in [3.63, 3.8) is 0 Å². The Kier molecular flexibility index (Phi) is 5.85. The molecule has 0 aromatic rings. The molecule has 0 amide bonds. The summed E-state index contributed by atoms with van der Waals surface area (Å²) in [4.78, 5) is 0. The molecule has 0 aromatic carbocycles. The topological polar surface area (TPSA) is 0 Å². The summed E-state index contributed by atoms with van der Waals surface area (Å²) in [7, 11) is 0. The summed E-state index contributed by atoms with van der Waals surface area (Å²) >= 11 is 0. The zero-order chi connectivity index (χ0) is 7.82. The van der Waals surface area contributed by atoms with Crippen LogP contribution >= 0.6 is 0 Å². The number of hydrogen-bond acceptors (Lipinski definition) is 0. The number of allylic oxidation sites excluding steroid dienone is 4. The summed E-state index contributed by atoms with van der Waals surface area (Å²) in [6, 6.07) is 0. The molecule has 0 bridgehead atoms. The van der Waals surface area contributed by atoms with Gasteiger partial charge in [-0.05, 0) is 18.8 Å². The van der Waals surface area contributed by atoms with Gasteiger partial charge in [-0.2, -0.15) is 0 Å². The molecule has 0 saturated heterocycles. The van der Waals surface area contributed by atoms with Gasteiger partial charge in [0.2, 0.25) is 0 Å². The highest BCUT2D eigenvalue weighted by Gasteiger charge is 1.84. The van der Waals surface area contributed by atoms with E-state index in [1.54, 1.807) is 0 Å². The summed E-state index contributed by atoms with van der Waals surface area (Å²) in [5.74, 6) is 0.504. The van der Waals surface area contributed by atoms with Gasteiger partial charge in [0, 0.05) is 0 Å². The Balaban J connectivity index is 3.34. The monoisotopic (exact) mass is 136 g/mol. The van der Waals surface area contributed by atoms with E-state index in [-0.39, 0.29) is 0 Å². The van der Waals surface area contributed by atoms with Crippen LogP contribution in [0.1, 0.15) is 19.8 Å². The molecule has 0 heteroatoms. The number of rotatable bonds is 5. The molecule has 0 radical (unpaired) electrons. The van der Waals surface area contributed by atoms with Crippen molar-refractivity contribution < 1.29 is 0 Å². The van der Waals surface area contributed by atoms with Crippen LogP contribution in [0.3, 0.4) is 0 Å². The van der Waals surface area contributed by atoms with Crippen molar-refractivity contribution in [2.45, 2.75) is 19.8 Å². The number of unbranched alkanes of at least 4 members (excludes halogenated alkanes) is 1. The molecule has 0 heterocycles. The Morgan fingerprint density at radius 1 is 1.30 bits per heavy atom. The lowest BCUT2D eigenvalue weighted by Crippen LogP contribution is -1.78. The van der Waals surface area contributed by atoms with Crippen molar-refractivity contribution in [3.05, 3.63) is 37.5 Å². The lowest BCUT2D eigenvalue weighted by atomic mass is 10.1. The molecule has 0 aromatic heterocycles. The fourth-order valence-electron chi connectivity index (χ4n) is 0.604. The van der Waals surface area contributed by atoms with Crippen LogP contribution in [0, 0.1) is 5.92 Å². The third-order valence-electron chi connectivity index (χ3n) is 1.35. The van der Waals surface area contributed by atoms with Crippen molar-refractivity contribution in [2.75, 3.05) is 0 Å². The third kappa shape index (κ3) is 5.36. The van der Waals surface area contributed by atoms with Crippen molar-refractivity contribution in [1.29, 1.82) is 0 Å². The molecule has 10 heavy (non-hydrogen) atoms. The van der Waals surface area contributed by atoms with Gasteiger partial charge in [0.05, 0.1) is 0 Å². The van der Waals surface area contributed by atoms with Crippen molar-refractivity contribution in [3.8, 4) is 0 Å². The predicted octanol–water partition coefficient (Wildman–Crippen LogP) is 3.33. The first-order valence-electron chi connectivity index (χ1n) is 3.71. The summed E-state index contributed by atoms with van der Waals surface area (Å²) in [6.45, 7) is 9.45. The highest BCUT2D eigenvalue weighted by molar-refractivity contribution is 4.95. The fourth-order valence-corrected chi connectivity index (χ4v) is 0.604. The van der Waals surface area contributed by atoms with Crippen LogP contribution in [-0.2, 0) is 0 Å². The molecular weight excluding hydrogens is 120 g/mol. The molecule has 0 spiro atoms. The molecule has 0 fully saturated rings. The standard InChI is InChI=1S/C10H16/c1-4-6-7-8-9-10(3)5-2/h4-5,8-10H,1-2,6-7H2,3H3/b9-8+. The van der Waals surface area contributed by atoms with Crippen molar-refractivity contribution in [1.82, 2.24) is 0 Å². The highest BCUT2D eigenvalue weighted by Crippen LogP contribution is 1.99. The van der Waals surface area contributed by atoms with Gasteiger partial charge in [-0.25, -0.2) is 0 Å². The maximum Gasteiger partial charge on any atom is -0.00846 e. The van der Waals surface area contributed by atoms with Crippen molar-refractivity contribution in [2.24, 2.45) is 5.92 Å². The minimum atomic E-state index is 0.504. The SMILES string of the molecule is C=CCC/C=C/C(C)C=C. The summed E-state index contributed by atoms with van der Waals surface area (Å²) in [5.41, 5.74) is 0. The number of hydrogen-bond donors (Lipinski definition) is 0. The molecule has 0 nitrogen and oxygen atoms in total. The van der Waals surface area contributed by atoms with Crippen LogP contribution in [0.15, 0.2) is 37.5 Å². The lowest BCUT2D eigenvalue weighted by molar-refractivity contribution is 0.924. The molecule has 0 aliphatic rings. The molecule has 0 N–H and O–H groups in total. The highest BCUT2D eigenvalue weighted by atomic mass is 13.9. The third-order valence-corrected chi connectivity index (χ3v) is 1.35. The minimum Gasteiger partial charge on any atom is -0.103 e. The van der Waals surface area contributed by atoms with Gasteiger partial charge in [-0.3, -0.25) is 0 Å². The Morgan fingerprint density at radius 3 is 2.50 bits per heavy atom. The van der Waals surface area contributed by atoms with Crippen LogP contribution in [0.5, 0.6) is 0 Å². The van der Waals surface area contributed by atoms with Crippen LogP contribution < -0.4 is 0 Å². The van der Waals surface area contributed by atoms with Crippen LogP contribution in [-0.4, -0.2) is 0 Å². The molecular formula is C10H16. The summed E-state index contributed by atoms with van der Waals surface area (Å²) in [5, 5.41) is 0. The molecule has 56 valence electrons. The van der Waals surface area contributed by atoms with E-state index in [9.17, 15) is 0 Å². The van der Waals surface area contributed by atoms with Crippen LogP contribution in [0.4, 0.5) is 0 Å². The molecule has 0 saturated carbocycles. The summed E-state index contributed by atoms with van der Waals surface area (Å²) < 4.78 is 0. The van der Waals surface area contributed by atoms with Gasteiger partial charge >= 0.3 is 0 Å². The van der Waals surface area contributed by atoms with Crippen LogP contribution in [0.2, 0.25) is 0 Å². The van der Waals surface area contributed by atoms with E-state index in [2.05, 4.69) is 32.2 Å². The zero-order valence-corrected chi connectivity index (χ0v) is 6.72. The Hall–Kier alpha value is -0.780. The maximum atomic E-state index is 3.69. The first-order chi connectivity index (χ1) is 4.81. The van der Waals surface area contributed by atoms with E-state index in [4.69, 9.17) is 0 Å². The Labute approximate surface area is 64.0 Å². The molecule has 1 unspecified atom stereocenters. The van der Waals surface area contributed by atoms with Gasteiger partial charge in [-0.1, -0.05) is 31.2 Å². The average Bonchev–Trinajstić information content (AvgIpc) is 1.98. The van der Waals surface area contributed by atoms with Gasteiger partial charge < -0.3 is 0 Å². The zero-order valence-electron chi connectivity index (χ0n) is 6.72. The largest absolute Gasteiger partial charge is 0.103 e. The van der Waals surface area contributed by atoms with Crippen LogP contribution in [0.25, 0.3) is 0 Å². The minimum absolute atomic E-state index is 0.504. The fraction of sp³-hybridized carbons (Fsp3) is 0.400. The van der Waals surface area contributed by atoms with E-state index in [1.807, 2.05) is 12.2 Å². The first-order valence-corrected chi connectivity index (χ1v) is 3.71. The molecule has 0 aliphatic carbocycles. The second-order valence-electron chi connectivity index (χ2n) is 2.39. The van der Waals surface area contributed by atoms with Gasteiger partial charge in [0.15, 0.2) is 0 Å². The van der Waals surface area contributed by atoms with Gasteiger partial charge in [0.1, 0.15) is 0 Å². The quantitative estimate of drug-likeness (QED) is 0.401. The molecule has 0 rings (SSSR count). The van der Waals surface area contributed by atoms with Crippen molar-refractivity contribution >= 4 is 0 Å². The Morgan fingerprint density at radius 2 is 2.00 bits per heavy atom. The maximum absolute atomic E-state index is 3.69. The van der Waals surface area contributed by atoms with Gasteiger partial charge in [-0.15, -0.1) is 13.2 Å². The Bertz CT molecular complexity index is 120. The lowest BCUT2D eigenvalue weighted by Gasteiger charge is -1.93. The van der Waals surface area contributed by atoms with E-state index >= 15 is 0 Å². The first kappa shape index (κ1) is 9.22. The van der Waals surface area contributed by atoms with E-state index in [1.165, 1.54) is 0 Å². The molecule has 1 atom stereocenters. The molecule has 0 aliphatic heterocycles. The van der Waals surface area contributed by atoms with Gasteiger partial charge in [0.25, 0.3) is 0 Å². The summed E-state index contributed by atoms with van der Waals surface area (Å²) in [6.07, 6.45) is 10.4. The van der Waals surface area contributed by atoms with E-state index in [0.717, 1.165) is 12.8 Å². The van der Waals surface area contributed by atoms with E-state index in [0.29, 0.717) is 5.92 Å². The normalized spacial score (nSPS) is 13.3. The smallest absolute Gasteiger partial charge is 0.00846 e.